The molecule has 0 aliphatic heterocycles. The minimum Gasteiger partial charge on any atom is -0.459 e. The number of rotatable bonds is 10. The number of nitrogens with one attached hydrogen (secondary N) is 1. The number of amides is 1. The second kappa shape index (κ2) is 11.1. The van der Waals surface area contributed by atoms with Gasteiger partial charge in [0.1, 0.15) is 12.6 Å². The van der Waals surface area contributed by atoms with E-state index in [0.717, 1.165) is 24.0 Å². The molecular weight excluding hydrogens is 328 g/mol. The Labute approximate surface area is 154 Å². The SMILES string of the molecule is NCCCC[C@H](NC(=O)Cc1ccccc1)C(=O)OCc1ccccc1. The summed E-state index contributed by atoms with van der Waals surface area (Å²) in [5.74, 6) is -0.599. The van der Waals surface area contributed by atoms with E-state index in [4.69, 9.17) is 10.5 Å². The minimum atomic E-state index is -0.651. The average Bonchev–Trinajstić information content (AvgIpc) is 2.67. The number of hydrogen-bond donors (Lipinski definition) is 2. The molecule has 138 valence electrons. The molecule has 2 aromatic carbocycles. The summed E-state index contributed by atoms with van der Waals surface area (Å²) in [6.07, 6.45) is 2.32. The largest absolute Gasteiger partial charge is 0.459 e. The fourth-order valence-electron chi connectivity index (χ4n) is 2.60. The number of nitrogens with two attached hydrogens (primary N) is 1. The van der Waals surface area contributed by atoms with Crippen LogP contribution in [-0.4, -0.2) is 24.5 Å². The van der Waals surface area contributed by atoms with E-state index in [1.807, 2.05) is 60.7 Å². The van der Waals surface area contributed by atoms with E-state index in [-0.39, 0.29) is 18.9 Å². The second-order valence-electron chi connectivity index (χ2n) is 6.16. The molecule has 0 spiro atoms. The van der Waals surface area contributed by atoms with Crippen LogP contribution in [0.2, 0.25) is 0 Å². The fourth-order valence-corrected chi connectivity index (χ4v) is 2.60. The zero-order chi connectivity index (χ0) is 18.6. The summed E-state index contributed by atoms with van der Waals surface area (Å²) in [7, 11) is 0. The number of carbonyl (C=O) groups excluding carboxylic acids is 2. The topological polar surface area (TPSA) is 81.4 Å². The fraction of sp³-hybridized carbons (Fsp3) is 0.333. The number of benzene rings is 2. The first kappa shape index (κ1) is 19.7. The van der Waals surface area contributed by atoms with Gasteiger partial charge in [-0.3, -0.25) is 4.79 Å². The van der Waals surface area contributed by atoms with Crippen LogP contribution in [0.3, 0.4) is 0 Å². The summed E-state index contributed by atoms with van der Waals surface area (Å²) >= 11 is 0. The van der Waals surface area contributed by atoms with Gasteiger partial charge in [0, 0.05) is 0 Å². The molecule has 5 heteroatoms. The highest BCUT2D eigenvalue weighted by Gasteiger charge is 2.22. The standard InChI is InChI=1S/C21H26N2O3/c22-14-8-7-13-19(21(25)26-16-18-11-5-2-6-12-18)23-20(24)15-17-9-3-1-4-10-17/h1-6,9-12,19H,7-8,13-16,22H2,(H,23,24)/t19-/m0/s1. The van der Waals surface area contributed by atoms with Crippen molar-refractivity contribution in [1.29, 1.82) is 0 Å². The van der Waals surface area contributed by atoms with Gasteiger partial charge in [-0.15, -0.1) is 0 Å². The van der Waals surface area contributed by atoms with Crippen LogP contribution in [0.25, 0.3) is 0 Å². The summed E-state index contributed by atoms with van der Waals surface area (Å²) < 4.78 is 5.39. The van der Waals surface area contributed by atoms with E-state index in [0.29, 0.717) is 13.0 Å². The minimum absolute atomic E-state index is 0.189. The van der Waals surface area contributed by atoms with Gasteiger partial charge >= 0.3 is 5.97 Å². The van der Waals surface area contributed by atoms with Gasteiger partial charge in [-0.2, -0.15) is 0 Å². The third-order valence-electron chi connectivity index (χ3n) is 4.00. The van der Waals surface area contributed by atoms with Gasteiger partial charge in [0.2, 0.25) is 5.91 Å². The molecule has 3 N–H and O–H groups in total. The Kier molecular flexibility index (Phi) is 8.36. The summed E-state index contributed by atoms with van der Waals surface area (Å²) in [5, 5.41) is 2.81. The normalized spacial score (nSPS) is 11.6. The lowest BCUT2D eigenvalue weighted by Gasteiger charge is -2.18. The van der Waals surface area contributed by atoms with Gasteiger partial charge in [-0.05, 0) is 36.9 Å². The molecule has 0 aromatic heterocycles. The van der Waals surface area contributed by atoms with Gasteiger partial charge in [-0.1, -0.05) is 60.7 Å². The zero-order valence-electron chi connectivity index (χ0n) is 14.9. The Hall–Kier alpha value is -2.66. The average molecular weight is 354 g/mol. The Morgan fingerprint density at radius 1 is 0.923 bits per heavy atom. The molecule has 0 fully saturated rings. The van der Waals surface area contributed by atoms with Crippen molar-refractivity contribution < 1.29 is 14.3 Å². The first-order valence-electron chi connectivity index (χ1n) is 8.93. The van der Waals surface area contributed by atoms with E-state index in [1.54, 1.807) is 0 Å². The third-order valence-corrected chi connectivity index (χ3v) is 4.00. The van der Waals surface area contributed by atoms with Crippen molar-refractivity contribution in [3.05, 3.63) is 71.8 Å². The molecule has 0 unspecified atom stereocenters. The quantitative estimate of drug-likeness (QED) is 0.508. The highest BCUT2D eigenvalue weighted by molar-refractivity contribution is 5.85. The van der Waals surface area contributed by atoms with Crippen LogP contribution >= 0.6 is 0 Å². The molecule has 0 bridgehead atoms. The molecule has 0 radical (unpaired) electrons. The van der Waals surface area contributed by atoms with Gasteiger partial charge in [-0.25, -0.2) is 4.79 Å². The summed E-state index contributed by atoms with van der Waals surface area (Å²) in [4.78, 5) is 24.7. The lowest BCUT2D eigenvalue weighted by atomic mass is 10.1. The number of unbranched alkanes of at least 4 members (excludes halogenated alkanes) is 1. The van der Waals surface area contributed by atoms with E-state index in [2.05, 4.69) is 5.32 Å². The number of carbonyl (C=O) groups is 2. The first-order chi connectivity index (χ1) is 12.7. The molecule has 5 nitrogen and oxygen atoms in total. The van der Waals surface area contributed by atoms with Crippen LogP contribution < -0.4 is 11.1 Å². The predicted octanol–water partition coefficient (Wildman–Crippen LogP) is 2.59. The molecule has 2 aromatic rings. The molecule has 0 heterocycles. The van der Waals surface area contributed by atoms with Crippen molar-refractivity contribution in [3.63, 3.8) is 0 Å². The molecule has 1 atom stereocenters. The van der Waals surface area contributed by atoms with Crippen molar-refractivity contribution in [3.8, 4) is 0 Å². The molecule has 2 rings (SSSR count). The van der Waals surface area contributed by atoms with E-state index < -0.39 is 12.0 Å². The predicted molar refractivity (Wildman–Crippen MR) is 101 cm³/mol. The molecule has 0 saturated carbocycles. The van der Waals surface area contributed by atoms with Crippen molar-refractivity contribution in [2.75, 3.05) is 6.54 Å². The first-order valence-corrected chi connectivity index (χ1v) is 8.93. The van der Waals surface area contributed by atoms with Gasteiger partial charge < -0.3 is 15.8 Å². The highest BCUT2D eigenvalue weighted by Crippen LogP contribution is 2.07. The van der Waals surface area contributed by atoms with Crippen molar-refractivity contribution in [1.82, 2.24) is 5.32 Å². The van der Waals surface area contributed by atoms with Crippen LogP contribution in [0.5, 0.6) is 0 Å². The van der Waals surface area contributed by atoms with Crippen LogP contribution in [0.4, 0.5) is 0 Å². The van der Waals surface area contributed by atoms with Crippen LogP contribution in [0, 0.1) is 0 Å². The summed E-state index contributed by atoms with van der Waals surface area (Å²) in [6, 6.07) is 18.3. The van der Waals surface area contributed by atoms with Crippen molar-refractivity contribution in [2.24, 2.45) is 5.73 Å². The van der Waals surface area contributed by atoms with Crippen LogP contribution in [-0.2, 0) is 27.4 Å². The summed E-state index contributed by atoms with van der Waals surface area (Å²) in [6.45, 7) is 0.755. The number of esters is 1. The monoisotopic (exact) mass is 354 g/mol. The molecule has 26 heavy (non-hydrogen) atoms. The lowest BCUT2D eigenvalue weighted by Crippen LogP contribution is -2.42. The van der Waals surface area contributed by atoms with E-state index in [9.17, 15) is 9.59 Å². The van der Waals surface area contributed by atoms with Crippen LogP contribution in [0.15, 0.2) is 60.7 Å². The Bertz CT molecular complexity index is 674. The molecule has 0 aliphatic rings. The maximum Gasteiger partial charge on any atom is 0.328 e. The molecule has 0 saturated heterocycles. The maximum atomic E-state index is 12.4. The Morgan fingerprint density at radius 3 is 2.15 bits per heavy atom. The lowest BCUT2D eigenvalue weighted by molar-refractivity contribution is -0.149. The van der Waals surface area contributed by atoms with Gasteiger partial charge in [0.05, 0.1) is 6.42 Å². The molecule has 0 aliphatic carbocycles. The van der Waals surface area contributed by atoms with E-state index in [1.165, 1.54) is 0 Å². The number of ether oxygens (including phenoxy) is 1. The van der Waals surface area contributed by atoms with Gasteiger partial charge in [0.15, 0.2) is 0 Å². The van der Waals surface area contributed by atoms with Crippen molar-refractivity contribution >= 4 is 11.9 Å². The smallest absolute Gasteiger partial charge is 0.328 e. The molecular formula is C21H26N2O3. The third kappa shape index (κ3) is 7.07. The Morgan fingerprint density at radius 2 is 1.54 bits per heavy atom. The summed E-state index contributed by atoms with van der Waals surface area (Å²) in [5.41, 5.74) is 7.35. The van der Waals surface area contributed by atoms with Crippen LogP contribution in [0.1, 0.15) is 30.4 Å². The molecule has 1 amide bonds. The zero-order valence-corrected chi connectivity index (χ0v) is 14.9. The van der Waals surface area contributed by atoms with E-state index >= 15 is 0 Å². The number of hydrogen-bond acceptors (Lipinski definition) is 4. The van der Waals surface area contributed by atoms with Crippen molar-refractivity contribution in [2.45, 2.75) is 38.3 Å². The highest BCUT2D eigenvalue weighted by atomic mass is 16.5. The van der Waals surface area contributed by atoms with Gasteiger partial charge in [0.25, 0.3) is 0 Å². The second-order valence-corrected chi connectivity index (χ2v) is 6.16. The Balaban J connectivity index is 1.90. The maximum absolute atomic E-state index is 12.4.